The molecular weight excluding hydrogens is 561 g/mol. The fourth-order valence-electron chi connectivity index (χ4n) is 3.98. The van der Waals surface area contributed by atoms with Crippen molar-refractivity contribution < 1.29 is 36.9 Å². The number of benzene rings is 3. The van der Waals surface area contributed by atoms with E-state index in [1.807, 2.05) is 68.4 Å². The summed E-state index contributed by atoms with van der Waals surface area (Å²) in [5, 5.41) is 29.2. The number of hydrogen-bond acceptors (Lipinski definition) is 6. The first-order valence-corrected chi connectivity index (χ1v) is 12.9. The molecule has 0 fully saturated rings. The van der Waals surface area contributed by atoms with Crippen LogP contribution in [-0.4, -0.2) is 32.6 Å². The zero-order valence-corrected chi connectivity index (χ0v) is 25.0. The van der Waals surface area contributed by atoms with E-state index in [0.717, 1.165) is 45.3 Å². The molecular formula is C33H34CoN3O4-. The molecule has 41 heavy (non-hydrogen) atoms. The molecule has 0 aliphatic rings. The molecule has 0 atom stereocenters. The van der Waals surface area contributed by atoms with Gasteiger partial charge in [0.05, 0.1) is 39.7 Å². The maximum absolute atomic E-state index is 11.3. The van der Waals surface area contributed by atoms with Crippen molar-refractivity contribution >= 4 is 28.8 Å². The molecule has 0 bridgehead atoms. The van der Waals surface area contributed by atoms with Gasteiger partial charge in [-0.15, -0.1) is 0 Å². The van der Waals surface area contributed by atoms with Gasteiger partial charge < -0.3 is 15.3 Å². The van der Waals surface area contributed by atoms with E-state index in [4.69, 9.17) is 25.2 Å². The predicted octanol–water partition coefficient (Wildman–Crippen LogP) is 7.26. The molecule has 2 N–H and O–H groups in total. The van der Waals surface area contributed by atoms with Gasteiger partial charge in [0.2, 0.25) is 0 Å². The van der Waals surface area contributed by atoms with Crippen molar-refractivity contribution in [1.82, 2.24) is 4.98 Å². The van der Waals surface area contributed by atoms with E-state index in [1.54, 1.807) is 13.8 Å². The van der Waals surface area contributed by atoms with Crippen molar-refractivity contribution in [2.24, 2.45) is 9.98 Å². The first kappa shape index (κ1) is 32.9. The number of rotatable bonds is 6. The molecule has 3 aromatic carbocycles. The number of aryl methyl sites for hydroxylation is 2. The van der Waals surface area contributed by atoms with Gasteiger partial charge in [0.15, 0.2) is 0 Å². The minimum atomic E-state index is -1.30. The number of aromatic hydroxyl groups is 1. The summed E-state index contributed by atoms with van der Waals surface area (Å²) in [6, 6.07) is 24.9. The molecule has 4 rings (SSSR count). The minimum absolute atomic E-state index is 0. The summed E-state index contributed by atoms with van der Waals surface area (Å²) in [4.78, 5) is 25.0. The Morgan fingerprint density at radius 1 is 0.780 bits per heavy atom. The van der Waals surface area contributed by atoms with Crippen molar-refractivity contribution in [1.29, 1.82) is 0 Å². The van der Waals surface area contributed by atoms with Gasteiger partial charge in [0, 0.05) is 16.8 Å². The average Bonchev–Trinajstić information content (AvgIpc) is 2.92. The maximum Gasteiger partial charge on any atom is 0.335 e. The van der Waals surface area contributed by atoms with Gasteiger partial charge in [0.25, 0.3) is 0 Å². The van der Waals surface area contributed by atoms with Crippen LogP contribution >= 0.6 is 0 Å². The normalized spacial score (nSPS) is 11.4. The molecule has 7 nitrogen and oxygen atoms in total. The zero-order chi connectivity index (χ0) is 29.4. The Bertz CT molecular complexity index is 1500. The van der Waals surface area contributed by atoms with Crippen LogP contribution in [0.4, 0.5) is 11.4 Å². The third-order valence-corrected chi connectivity index (χ3v) is 6.30. The van der Waals surface area contributed by atoms with E-state index in [0.29, 0.717) is 5.56 Å². The number of pyridine rings is 1. The van der Waals surface area contributed by atoms with E-state index < -0.39 is 17.5 Å². The van der Waals surface area contributed by atoms with Crippen molar-refractivity contribution in [2.75, 3.05) is 0 Å². The van der Waals surface area contributed by atoms with Gasteiger partial charge in [-0.3, -0.25) is 9.98 Å². The van der Waals surface area contributed by atoms with E-state index in [1.165, 1.54) is 12.1 Å². The first-order valence-electron chi connectivity index (χ1n) is 12.9. The fraction of sp³-hybridized carbons (Fsp3) is 0.212. The fourth-order valence-corrected chi connectivity index (χ4v) is 3.98. The number of carbonyl (C=O) groups is 1. The molecule has 0 saturated heterocycles. The number of aliphatic imine (C=N–C) groups is 2. The van der Waals surface area contributed by atoms with Crippen LogP contribution in [-0.2, 0) is 16.8 Å². The van der Waals surface area contributed by atoms with Crippen molar-refractivity contribution in [3.05, 3.63) is 113 Å². The number of hydrogen-bond donors (Lipinski definition) is 2. The van der Waals surface area contributed by atoms with E-state index >= 15 is 0 Å². The largest absolute Gasteiger partial charge is 0.869 e. The molecule has 1 aromatic heterocycles. The Labute approximate surface area is 251 Å². The molecule has 0 spiro atoms. The molecule has 0 saturated carbocycles. The Kier molecular flexibility index (Phi) is 12.0. The van der Waals surface area contributed by atoms with Crippen LogP contribution in [0.3, 0.4) is 0 Å². The summed E-state index contributed by atoms with van der Waals surface area (Å²) in [6.07, 6.45) is 0. The van der Waals surface area contributed by atoms with Gasteiger partial charge in [-0.05, 0) is 80.6 Å². The van der Waals surface area contributed by atoms with Crippen molar-refractivity contribution in [3.63, 3.8) is 0 Å². The maximum atomic E-state index is 11.3. The Morgan fingerprint density at radius 3 is 1.66 bits per heavy atom. The van der Waals surface area contributed by atoms with Crippen LogP contribution in [0.25, 0.3) is 0 Å². The topological polar surface area (TPSA) is 118 Å². The Hall–Kier alpha value is -4.27. The molecule has 8 heteroatoms. The summed E-state index contributed by atoms with van der Waals surface area (Å²) in [5.74, 6) is -2.69. The van der Waals surface area contributed by atoms with Gasteiger partial charge >= 0.3 is 5.97 Å². The Morgan fingerprint density at radius 2 is 1.24 bits per heavy atom. The number of phenols is 1. The minimum Gasteiger partial charge on any atom is -0.869 e. The van der Waals surface area contributed by atoms with Gasteiger partial charge in [0.1, 0.15) is 5.75 Å². The predicted molar refractivity (Wildman–Crippen MR) is 159 cm³/mol. The van der Waals surface area contributed by atoms with E-state index in [9.17, 15) is 9.90 Å². The third kappa shape index (κ3) is 8.60. The summed E-state index contributed by atoms with van der Waals surface area (Å²) in [7, 11) is 0. The SMILES string of the molecule is CC(=Nc1ccccc1C)c1cccc(C(C)=Nc2ccccc2C)n1.CC(C)c1ccc(O)c([O-])c1C(=O)O.[Co]. The molecule has 1 heterocycles. The van der Waals surface area contributed by atoms with Gasteiger partial charge in [-0.25, -0.2) is 9.78 Å². The van der Waals surface area contributed by atoms with Crippen molar-refractivity contribution in [3.8, 4) is 11.5 Å². The van der Waals surface area contributed by atoms with Crippen LogP contribution in [0.2, 0.25) is 0 Å². The number of carboxylic acids is 1. The van der Waals surface area contributed by atoms with Crippen molar-refractivity contribution in [2.45, 2.75) is 47.5 Å². The van der Waals surface area contributed by atoms with Crippen LogP contribution in [0.15, 0.2) is 88.8 Å². The van der Waals surface area contributed by atoms with Crippen LogP contribution < -0.4 is 5.11 Å². The number of carboxylic acid groups (broad SMARTS) is 1. The van der Waals surface area contributed by atoms with Crippen LogP contribution in [0, 0.1) is 13.8 Å². The summed E-state index contributed by atoms with van der Waals surface area (Å²) in [5.41, 5.74) is 7.88. The second kappa shape index (κ2) is 14.9. The average molecular weight is 596 g/mol. The smallest absolute Gasteiger partial charge is 0.335 e. The second-order valence-corrected chi connectivity index (χ2v) is 9.71. The van der Waals surface area contributed by atoms with Crippen LogP contribution in [0.5, 0.6) is 11.5 Å². The summed E-state index contributed by atoms with van der Waals surface area (Å²) >= 11 is 0. The third-order valence-electron chi connectivity index (χ3n) is 6.30. The zero-order valence-electron chi connectivity index (χ0n) is 24.0. The van der Waals surface area contributed by atoms with Gasteiger partial charge in [-0.2, -0.15) is 0 Å². The van der Waals surface area contributed by atoms with Crippen LogP contribution in [0.1, 0.15) is 72.0 Å². The summed E-state index contributed by atoms with van der Waals surface area (Å²) in [6.45, 7) is 11.7. The van der Waals surface area contributed by atoms with E-state index in [-0.39, 0.29) is 28.3 Å². The number of aromatic carboxylic acids is 1. The molecule has 0 aliphatic heterocycles. The second-order valence-electron chi connectivity index (χ2n) is 9.71. The molecule has 0 aliphatic carbocycles. The first-order chi connectivity index (χ1) is 19.0. The molecule has 0 amide bonds. The quantitative estimate of drug-likeness (QED) is 0.228. The molecule has 0 unspecified atom stereocenters. The number of nitrogens with zero attached hydrogens (tertiary/aromatic N) is 3. The molecule has 4 aromatic rings. The molecule has 1 radical (unpaired) electrons. The number of para-hydroxylation sites is 2. The number of phenolic OH excluding ortho intramolecular Hbond substituents is 1. The molecule has 215 valence electrons. The van der Waals surface area contributed by atoms with E-state index in [2.05, 4.69) is 26.0 Å². The monoisotopic (exact) mass is 595 g/mol. The standard InChI is InChI=1S/C23H23N3.C10H12O4.Co/c1-16-10-5-7-12-20(16)24-18(3)22-14-9-15-23(26-22)19(4)25-21-13-8-6-11-17(21)2;1-5(2)6-3-4-7(11)9(12)8(6)10(13)14;/h5-15H,1-4H3;3-5,11-12H,1-2H3,(H,13,14);/p-1. The number of aromatic nitrogens is 1. The Balaban J connectivity index is 0.000000334. The summed E-state index contributed by atoms with van der Waals surface area (Å²) < 4.78 is 0. The van der Waals surface area contributed by atoms with Gasteiger partial charge in [-0.1, -0.05) is 68.1 Å².